The van der Waals surface area contributed by atoms with Crippen LogP contribution in [0.3, 0.4) is 0 Å². The molecule has 0 aliphatic carbocycles. The molecule has 1 amide bonds. The van der Waals surface area contributed by atoms with Crippen LogP contribution >= 0.6 is 0 Å². The highest BCUT2D eigenvalue weighted by Crippen LogP contribution is 2.25. The third-order valence-electron chi connectivity index (χ3n) is 6.49. The van der Waals surface area contributed by atoms with Crippen LogP contribution < -0.4 is 0 Å². The SMILES string of the molecule is Cc1cc2ncn(CN3CCC(C(=O)N4CCC[C@H](C)C4)CC3)c2cc1C. The van der Waals surface area contributed by atoms with Crippen molar-refractivity contribution in [3.8, 4) is 0 Å². The Kier molecular flexibility index (Phi) is 5.22. The first-order valence-corrected chi connectivity index (χ1v) is 10.4. The number of likely N-dealkylation sites (tertiary alicyclic amines) is 2. The highest BCUT2D eigenvalue weighted by atomic mass is 16.2. The molecule has 2 aliphatic rings. The molecule has 1 aromatic heterocycles. The van der Waals surface area contributed by atoms with Crippen LogP contribution in [0.1, 0.15) is 43.7 Å². The molecule has 0 spiro atoms. The Bertz CT molecular complexity index is 819. The Morgan fingerprint density at radius 2 is 1.85 bits per heavy atom. The molecule has 0 saturated carbocycles. The second-order valence-electron chi connectivity index (χ2n) is 8.70. The first-order valence-electron chi connectivity index (χ1n) is 10.4. The van der Waals surface area contributed by atoms with Gasteiger partial charge in [-0.05, 0) is 68.7 Å². The minimum Gasteiger partial charge on any atom is -0.342 e. The number of aromatic nitrogens is 2. The van der Waals surface area contributed by atoms with Crippen LogP contribution in [0.25, 0.3) is 11.0 Å². The van der Waals surface area contributed by atoms with Crippen LogP contribution in [0.5, 0.6) is 0 Å². The molecule has 27 heavy (non-hydrogen) atoms. The highest BCUT2D eigenvalue weighted by molar-refractivity contribution is 5.79. The number of fused-ring (bicyclic) bond motifs is 1. The van der Waals surface area contributed by atoms with Gasteiger partial charge in [0.15, 0.2) is 0 Å². The molecule has 0 N–H and O–H groups in total. The van der Waals surface area contributed by atoms with E-state index in [0.29, 0.717) is 11.8 Å². The maximum Gasteiger partial charge on any atom is 0.225 e. The van der Waals surface area contributed by atoms with Gasteiger partial charge >= 0.3 is 0 Å². The van der Waals surface area contributed by atoms with E-state index in [1.54, 1.807) is 0 Å². The van der Waals surface area contributed by atoms with Crippen LogP contribution in [0.15, 0.2) is 18.5 Å². The van der Waals surface area contributed by atoms with E-state index in [9.17, 15) is 4.79 Å². The fraction of sp³-hybridized carbons (Fsp3) is 0.636. The smallest absolute Gasteiger partial charge is 0.225 e. The van der Waals surface area contributed by atoms with E-state index in [1.807, 2.05) is 6.33 Å². The van der Waals surface area contributed by atoms with Gasteiger partial charge < -0.3 is 9.47 Å². The van der Waals surface area contributed by atoms with E-state index >= 15 is 0 Å². The van der Waals surface area contributed by atoms with E-state index in [-0.39, 0.29) is 5.92 Å². The van der Waals surface area contributed by atoms with E-state index in [2.05, 4.69) is 52.3 Å². The minimum atomic E-state index is 0.218. The standard InChI is InChI=1S/C22H32N4O/c1-16-5-4-8-25(13-16)22(27)19-6-9-24(10-7-19)15-26-14-23-20-11-17(2)18(3)12-21(20)26/h11-12,14,16,19H,4-10,13,15H2,1-3H3/t16-/m0/s1. The van der Waals surface area contributed by atoms with Crippen LogP contribution in [-0.4, -0.2) is 51.4 Å². The predicted molar refractivity (Wildman–Crippen MR) is 108 cm³/mol. The lowest BCUT2D eigenvalue weighted by Crippen LogP contribution is -2.46. The van der Waals surface area contributed by atoms with Crippen molar-refractivity contribution in [1.29, 1.82) is 0 Å². The zero-order valence-electron chi connectivity index (χ0n) is 16.9. The number of benzene rings is 1. The van der Waals surface area contributed by atoms with Crippen molar-refractivity contribution < 1.29 is 4.79 Å². The van der Waals surface area contributed by atoms with Crippen LogP contribution in [0, 0.1) is 25.7 Å². The lowest BCUT2D eigenvalue weighted by molar-refractivity contribution is -0.139. The monoisotopic (exact) mass is 368 g/mol. The third-order valence-corrected chi connectivity index (χ3v) is 6.49. The van der Waals surface area contributed by atoms with Gasteiger partial charge in [0.05, 0.1) is 24.0 Å². The molecule has 1 aromatic carbocycles. The topological polar surface area (TPSA) is 41.4 Å². The molecule has 2 aromatic rings. The lowest BCUT2D eigenvalue weighted by Gasteiger charge is -2.37. The lowest BCUT2D eigenvalue weighted by atomic mass is 9.93. The summed E-state index contributed by atoms with van der Waals surface area (Å²) in [6, 6.07) is 4.41. The summed E-state index contributed by atoms with van der Waals surface area (Å²) in [7, 11) is 0. The maximum absolute atomic E-state index is 12.9. The van der Waals surface area contributed by atoms with E-state index in [1.165, 1.54) is 29.5 Å². The molecule has 146 valence electrons. The predicted octanol–water partition coefficient (Wildman–Crippen LogP) is 3.58. The van der Waals surface area contributed by atoms with Gasteiger partial charge in [-0.2, -0.15) is 0 Å². The van der Waals surface area contributed by atoms with Gasteiger partial charge in [-0.3, -0.25) is 9.69 Å². The summed E-state index contributed by atoms with van der Waals surface area (Å²) < 4.78 is 2.25. The van der Waals surface area contributed by atoms with Crippen molar-refractivity contribution in [3.63, 3.8) is 0 Å². The van der Waals surface area contributed by atoms with Crippen molar-refractivity contribution in [3.05, 3.63) is 29.6 Å². The molecular weight excluding hydrogens is 336 g/mol. The summed E-state index contributed by atoms with van der Waals surface area (Å²) in [6.07, 6.45) is 6.34. The summed E-state index contributed by atoms with van der Waals surface area (Å²) in [6.45, 7) is 11.3. The number of carbonyl (C=O) groups is 1. The first-order chi connectivity index (χ1) is 13.0. The molecule has 2 aliphatic heterocycles. The number of aryl methyl sites for hydroxylation is 2. The molecular formula is C22H32N4O. The number of piperidine rings is 2. The molecule has 0 bridgehead atoms. The number of nitrogens with zero attached hydrogens (tertiary/aromatic N) is 4. The zero-order valence-corrected chi connectivity index (χ0v) is 16.9. The quantitative estimate of drug-likeness (QED) is 0.831. The summed E-state index contributed by atoms with van der Waals surface area (Å²) in [5.41, 5.74) is 4.88. The molecule has 3 heterocycles. The number of rotatable bonds is 3. The van der Waals surface area contributed by atoms with Crippen molar-refractivity contribution in [2.45, 2.75) is 53.1 Å². The summed E-state index contributed by atoms with van der Waals surface area (Å²) in [5.74, 6) is 1.28. The normalized spacial score (nSPS) is 22.5. The van der Waals surface area contributed by atoms with Gasteiger partial charge in [0, 0.05) is 32.1 Å². The average Bonchev–Trinajstić information content (AvgIpc) is 3.04. The van der Waals surface area contributed by atoms with Crippen LogP contribution in [-0.2, 0) is 11.5 Å². The van der Waals surface area contributed by atoms with Gasteiger partial charge in [-0.1, -0.05) is 6.92 Å². The number of amides is 1. The fourth-order valence-electron chi connectivity index (χ4n) is 4.61. The molecule has 1 atom stereocenters. The Hall–Kier alpha value is -1.88. The Labute approximate surface area is 162 Å². The molecule has 0 radical (unpaired) electrons. The van der Waals surface area contributed by atoms with E-state index in [0.717, 1.165) is 51.2 Å². The number of hydrogen-bond donors (Lipinski definition) is 0. The fourth-order valence-corrected chi connectivity index (χ4v) is 4.61. The molecule has 0 unspecified atom stereocenters. The summed E-state index contributed by atoms with van der Waals surface area (Å²) >= 11 is 0. The van der Waals surface area contributed by atoms with Crippen molar-refractivity contribution >= 4 is 16.9 Å². The molecule has 2 fully saturated rings. The third kappa shape index (κ3) is 3.88. The summed E-state index contributed by atoms with van der Waals surface area (Å²) in [5, 5.41) is 0. The van der Waals surface area contributed by atoms with Gasteiger partial charge in [0.2, 0.25) is 5.91 Å². The minimum absolute atomic E-state index is 0.218. The first kappa shape index (κ1) is 18.5. The number of hydrogen-bond acceptors (Lipinski definition) is 3. The second-order valence-corrected chi connectivity index (χ2v) is 8.70. The van der Waals surface area contributed by atoms with Crippen LogP contribution in [0.2, 0.25) is 0 Å². The molecule has 5 nitrogen and oxygen atoms in total. The second kappa shape index (κ2) is 7.63. The van der Waals surface area contributed by atoms with Gasteiger partial charge in [-0.15, -0.1) is 0 Å². The Morgan fingerprint density at radius 3 is 2.59 bits per heavy atom. The van der Waals surface area contributed by atoms with Crippen LogP contribution in [0.4, 0.5) is 0 Å². The molecule has 4 rings (SSSR count). The maximum atomic E-state index is 12.9. The van der Waals surface area contributed by atoms with Crippen molar-refractivity contribution in [1.82, 2.24) is 19.4 Å². The number of imidazole rings is 1. The van der Waals surface area contributed by atoms with Gasteiger partial charge in [0.25, 0.3) is 0 Å². The Balaban J connectivity index is 1.36. The van der Waals surface area contributed by atoms with Crippen molar-refractivity contribution in [2.75, 3.05) is 26.2 Å². The largest absolute Gasteiger partial charge is 0.342 e. The Morgan fingerprint density at radius 1 is 1.11 bits per heavy atom. The summed E-state index contributed by atoms with van der Waals surface area (Å²) in [4.78, 5) is 22.0. The highest BCUT2D eigenvalue weighted by Gasteiger charge is 2.30. The van der Waals surface area contributed by atoms with Gasteiger partial charge in [-0.25, -0.2) is 4.98 Å². The molecule has 5 heteroatoms. The average molecular weight is 369 g/mol. The molecule has 2 saturated heterocycles. The number of carbonyl (C=O) groups excluding carboxylic acids is 1. The van der Waals surface area contributed by atoms with E-state index < -0.39 is 0 Å². The van der Waals surface area contributed by atoms with Gasteiger partial charge in [0.1, 0.15) is 0 Å². The van der Waals surface area contributed by atoms with Crippen molar-refractivity contribution in [2.24, 2.45) is 11.8 Å². The zero-order chi connectivity index (χ0) is 19.0. The van der Waals surface area contributed by atoms with E-state index in [4.69, 9.17) is 0 Å².